The van der Waals surface area contributed by atoms with Gasteiger partial charge in [-0.05, 0) is 56.7 Å². The van der Waals surface area contributed by atoms with Gasteiger partial charge in [0.2, 0.25) is 0 Å². The van der Waals surface area contributed by atoms with Gasteiger partial charge in [0.25, 0.3) is 5.56 Å². The Hall–Kier alpha value is -2.86. The predicted molar refractivity (Wildman–Crippen MR) is 112 cm³/mol. The molecule has 1 heterocycles. The summed E-state index contributed by atoms with van der Waals surface area (Å²) in [5, 5.41) is 0.301. The minimum atomic E-state index is -0.245. The molecule has 0 N–H and O–H groups in total. The number of thioether (sulfide) groups is 1. The van der Waals surface area contributed by atoms with Gasteiger partial charge < -0.3 is 4.74 Å². The Labute approximate surface area is 168 Å². The number of benzene rings is 2. The molecule has 0 aliphatic rings. The van der Waals surface area contributed by atoms with Crippen molar-refractivity contribution in [1.82, 2.24) is 9.55 Å². The number of rotatable bonds is 7. The quantitative estimate of drug-likeness (QED) is 0.443. The number of nitrogens with zero attached hydrogens (tertiary/aromatic N) is 2. The molecule has 3 aromatic rings. The third-order valence-corrected chi connectivity index (χ3v) is 5.23. The first-order chi connectivity index (χ1) is 13.5. The Morgan fingerprint density at radius 1 is 1.14 bits per heavy atom. The van der Waals surface area contributed by atoms with Gasteiger partial charge in [0.05, 0.1) is 12.4 Å². The van der Waals surface area contributed by atoms with Gasteiger partial charge in [-0.25, -0.2) is 4.98 Å². The van der Waals surface area contributed by atoms with E-state index in [-0.39, 0.29) is 17.1 Å². The van der Waals surface area contributed by atoms with Gasteiger partial charge >= 0.3 is 0 Å². The Bertz CT molecular complexity index is 1040. The van der Waals surface area contributed by atoms with Gasteiger partial charge in [0, 0.05) is 23.6 Å². The average molecular weight is 394 g/mol. The maximum absolute atomic E-state index is 12.8. The largest absolute Gasteiger partial charge is 0.494 e. The minimum Gasteiger partial charge on any atom is -0.494 e. The lowest BCUT2D eigenvalue weighted by atomic mass is 10.0. The molecule has 0 amide bonds. The van der Waals surface area contributed by atoms with E-state index in [9.17, 15) is 9.59 Å². The van der Waals surface area contributed by atoms with E-state index in [4.69, 9.17) is 4.74 Å². The number of carbonyl (C=O) groups excluding carboxylic acids is 1. The summed E-state index contributed by atoms with van der Waals surface area (Å²) in [6.07, 6.45) is 3.19. The summed E-state index contributed by atoms with van der Waals surface area (Å²) >= 11 is 1.17. The molecule has 6 heteroatoms. The molecule has 5 nitrogen and oxygen atoms in total. The Morgan fingerprint density at radius 3 is 2.61 bits per heavy atom. The highest BCUT2D eigenvalue weighted by Crippen LogP contribution is 2.18. The van der Waals surface area contributed by atoms with E-state index < -0.39 is 0 Å². The number of aryl methyl sites for hydroxylation is 2. The predicted octanol–water partition coefficient (Wildman–Crippen LogP) is 4.22. The van der Waals surface area contributed by atoms with Crippen LogP contribution in [0.1, 0.15) is 28.4 Å². The Balaban J connectivity index is 1.78. The van der Waals surface area contributed by atoms with Crippen LogP contribution in [0.25, 0.3) is 5.69 Å². The zero-order valence-electron chi connectivity index (χ0n) is 16.1. The summed E-state index contributed by atoms with van der Waals surface area (Å²) < 4.78 is 6.96. The van der Waals surface area contributed by atoms with E-state index in [1.165, 1.54) is 16.3 Å². The molecule has 0 saturated carbocycles. The van der Waals surface area contributed by atoms with E-state index in [0.717, 1.165) is 22.6 Å². The van der Waals surface area contributed by atoms with E-state index in [1.807, 2.05) is 63.2 Å². The van der Waals surface area contributed by atoms with Crippen LogP contribution in [0.2, 0.25) is 0 Å². The van der Waals surface area contributed by atoms with Crippen LogP contribution in [0.4, 0.5) is 0 Å². The van der Waals surface area contributed by atoms with Gasteiger partial charge in [0.1, 0.15) is 5.75 Å². The van der Waals surface area contributed by atoms with Crippen molar-refractivity contribution >= 4 is 17.5 Å². The summed E-state index contributed by atoms with van der Waals surface area (Å²) in [6, 6.07) is 13.1. The SMILES string of the molecule is CCOc1ccc(-n2ccnc(SCC(=O)c3cc(C)ccc3C)c2=O)cc1. The maximum atomic E-state index is 12.8. The standard InChI is InChI=1S/C22H22N2O3S/c1-4-27-18-9-7-17(8-10-18)24-12-11-23-21(22(24)26)28-14-20(25)19-13-15(2)5-6-16(19)3/h5-13H,4,14H2,1-3H3. The number of ketones is 1. The minimum absolute atomic E-state index is 0.0103. The Kier molecular flexibility index (Phi) is 6.31. The topological polar surface area (TPSA) is 61.2 Å². The molecule has 1 aromatic heterocycles. The molecule has 28 heavy (non-hydrogen) atoms. The second-order valence-corrected chi connectivity index (χ2v) is 7.33. The number of hydrogen-bond acceptors (Lipinski definition) is 5. The van der Waals surface area contributed by atoms with Crippen molar-refractivity contribution in [3.05, 3.63) is 81.9 Å². The summed E-state index contributed by atoms with van der Waals surface area (Å²) in [5.74, 6) is 0.908. The first kappa shape index (κ1) is 19.9. The highest BCUT2D eigenvalue weighted by Gasteiger charge is 2.13. The van der Waals surface area contributed by atoms with Crippen LogP contribution in [-0.2, 0) is 0 Å². The van der Waals surface area contributed by atoms with Crippen LogP contribution in [0.15, 0.2) is 64.7 Å². The molecule has 3 rings (SSSR count). The van der Waals surface area contributed by atoms with Crippen LogP contribution in [0, 0.1) is 13.8 Å². The van der Waals surface area contributed by atoms with Gasteiger partial charge in [-0.1, -0.05) is 29.5 Å². The lowest BCUT2D eigenvalue weighted by Crippen LogP contribution is -2.21. The smallest absolute Gasteiger partial charge is 0.287 e. The summed E-state index contributed by atoms with van der Waals surface area (Å²) in [6.45, 7) is 6.38. The fraction of sp³-hybridized carbons (Fsp3) is 0.227. The lowest BCUT2D eigenvalue weighted by Gasteiger charge is -2.09. The summed E-state index contributed by atoms with van der Waals surface area (Å²) in [4.78, 5) is 29.5. The zero-order valence-corrected chi connectivity index (χ0v) is 17.0. The number of Topliss-reactive ketones (excluding diaryl/α,β-unsaturated/α-hetero) is 1. The second kappa shape index (κ2) is 8.89. The highest BCUT2D eigenvalue weighted by atomic mass is 32.2. The number of ether oxygens (including phenoxy) is 1. The molecule has 0 fully saturated rings. The van der Waals surface area contributed by atoms with Crippen molar-refractivity contribution in [3.63, 3.8) is 0 Å². The fourth-order valence-electron chi connectivity index (χ4n) is 2.81. The van der Waals surface area contributed by atoms with Crippen LogP contribution >= 0.6 is 11.8 Å². The zero-order chi connectivity index (χ0) is 20.1. The van der Waals surface area contributed by atoms with Crippen molar-refractivity contribution in [1.29, 1.82) is 0 Å². The van der Waals surface area contributed by atoms with E-state index in [1.54, 1.807) is 12.4 Å². The molecule has 0 radical (unpaired) electrons. The summed E-state index contributed by atoms with van der Waals surface area (Å²) in [5.41, 5.74) is 3.14. The van der Waals surface area contributed by atoms with Gasteiger partial charge in [-0.3, -0.25) is 14.2 Å². The molecular weight excluding hydrogens is 372 g/mol. The monoisotopic (exact) mass is 394 g/mol. The maximum Gasteiger partial charge on any atom is 0.287 e. The number of carbonyl (C=O) groups is 1. The first-order valence-electron chi connectivity index (χ1n) is 9.03. The van der Waals surface area contributed by atoms with Gasteiger partial charge in [-0.2, -0.15) is 0 Å². The van der Waals surface area contributed by atoms with Crippen LogP contribution in [0.3, 0.4) is 0 Å². The van der Waals surface area contributed by atoms with E-state index >= 15 is 0 Å². The van der Waals surface area contributed by atoms with Crippen LogP contribution in [0.5, 0.6) is 5.75 Å². The molecule has 144 valence electrons. The third kappa shape index (κ3) is 4.51. The fourth-order valence-corrected chi connectivity index (χ4v) is 3.59. The van der Waals surface area contributed by atoms with Crippen LogP contribution < -0.4 is 10.3 Å². The van der Waals surface area contributed by atoms with Crippen molar-refractivity contribution < 1.29 is 9.53 Å². The highest BCUT2D eigenvalue weighted by molar-refractivity contribution is 7.99. The number of aromatic nitrogens is 2. The normalized spacial score (nSPS) is 10.7. The van der Waals surface area contributed by atoms with E-state index in [2.05, 4.69) is 4.98 Å². The average Bonchev–Trinajstić information content (AvgIpc) is 2.70. The molecular formula is C22H22N2O3S. The lowest BCUT2D eigenvalue weighted by molar-refractivity contribution is 0.102. The molecule has 0 spiro atoms. The Morgan fingerprint density at radius 2 is 1.89 bits per heavy atom. The summed E-state index contributed by atoms with van der Waals surface area (Å²) in [7, 11) is 0. The van der Waals surface area contributed by atoms with Gasteiger partial charge in [0.15, 0.2) is 10.8 Å². The van der Waals surface area contributed by atoms with E-state index in [0.29, 0.717) is 17.2 Å². The molecule has 0 saturated heterocycles. The van der Waals surface area contributed by atoms with Crippen LogP contribution in [-0.4, -0.2) is 27.7 Å². The molecule has 0 aliphatic carbocycles. The molecule has 0 aliphatic heterocycles. The van der Waals surface area contributed by atoms with Crippen molar-refractivity contribution in [2.45, 2.75) is 25.8 Å². The molecule has 2 aromatic carbocycles. The van der Waals surface area contributed by atoms with Crippen molar-refractivity contribution in [2.24, 2.45) is 0 Å². The first-order valence-corrected chi connectivity index (χ1v) is 10.0. The molecule has 0 atom stereocenters. The van der Waals surface area contributed by atoms with Gasteiger partial charge in [-0.15, -0.1) is 0 Å². The van der Waals surface area contributed by atoms with Crippen molar-refractivity contribution in [3.8, 4) is 11.4 Å². The third-order valence-electron chi connectivity index (χ3n) is 4.27. The second-order valence-electron chi connectivity index (χ2n) is 6.36. The molecule has 0 unspecified atom stereocenters. The van der Waals surface area contributed by atoms with Crippen molar-refractivity contribution in [2.75, 3.05) is 12.4 Å². The number of hydrogen-bond donors (Lipinski definition) is 0. The molecule has 0 bridgehead atoms.